The molecule has 0 saturated carbocycles. The number of nitrogens with zero attached hydrogens (tertiary/aromatic N) is 2. The Morgan fingerprint density at radius 3 is 2.62 bits per heavy atom. The molecule has 1 heterocycles. The van der Waals surface area contributed by atoms with Crippen molar-refractivity contribution >= 4 is 5.69 Å². The van der Waals surface area contributed by atoms with Gasteiger partial charge in [0.05, 0.1) is 0 Å². The van der Waals surface area contributed by atoms with Crippen molar-refractivity contribution in [3.8, 4) is 0 Å². The molecule has 0 aliphatic rings. The van der Waals surface area contributed by atoms with Crippen LogP contribution in [0.15, 0.2) is 28.8 Å². The third-order valence-electron chi connectivity index (χ3n) is 3.23. The van der Waals surface area contributed by atoms with Gasteiger partial charge in [0.25, 0.3) is 0 Å². The molecule has 0 fully saturated rings. The van der Waals surface area contributed by atoms with E-state index in [0.717, 1.165) is 12.2 Å². The summed E-state index contributed by atoms with van der Waals surface area (Å²) in [6.45, 7) is 9.27. The van der Waals surface area contributed by atoms with E-state index in [-0.39, 0.29) is 0 Å². The van der Waals surface area contributed by atoms with E-state index in [4.69, 9.17) is 9.26 Å². The van der Waals surface area contributed by atoms with Crippen molar-refractivity contribution in [2.24, 2.45) is 0 Å². The first-order valence-electron chi connectivity index (χ1n) is 7.29. The zero-order valence-corrected chi connectivity index (χ0v) is 13.1. The molecule has 1 aromatic carbocycles. The van der Waals surface area contributed by atoms with Gasteiger partial charge in [0.2, 0.25) is 11.7 Å². The number of hydrogen-bond donors (Lipinski definition) is 1. The molecule has 21 heavy (non-hydrogen) atoms. The fraction of sp³-hybridized carbons (Fsp3) is 0.500. The minimum Gasteiger partial charge on any atom is -0.385 e. The van der Waals surface area contributed by atoms with Gasteiger partial charge in [-0.3, -0.25) is 0 Å². The quantitative estimate of drug-likeness (QED) is 0.847. The van der Waals surface area contributed by atoms with Gasteiger partial charge >= 0.3 is 0 Å². The molecular weight excluding hydrogens is 266 g/mol. The van der Waals surface area contributed by atoms with Crippen molar-refractivity contribution in [2.75, 3.05) is 18.5 Å². The summed E-state index contributed by atoms with van der Waals surface area (Å²) in [5.74, 6) is 1.21. The summed E-state index contributed by atoms with van der Waals surface area (Å²) in [5, 5.41) is 7.34. The lowest BCUT2D eigenvalue weighted by Gasteiger charge is -2.19. The van der Waals surface area contributed by atoms with Gasteiger partial charge in [0.1, 0.15) is 5.60 Å². The minimum atomic E-state index is -0.513. The number of aromatic nitrogens is 2. The second-order valence-electron chi connectivity index (χ2n) is 5.50. The number of nitrogens with one attached hydrogen (secondary N) is 1. The van der Waals surface area contributed by atoms with Gasteiger partial charge in [-0.05, 0) is 39.8 Å². The van der Waals surface area contributed by atoms with Crippen LogP contribution in [-0.4, -0.2) is 23.3 Å². The molecule has 2 aromatic rings. The van der Waals surface area contributed by atoms with E-state index in [0.29, 0.717) is 24.7 Å². The molecule has 0 bridgehead atoms. The van der Waals surface area contributed by atoms with Gasteiger partial charge in [-0.25, -0.2) is 0 Å². The number of hydrogen-bond acceptors (Lipinski definition) is 5. The van der Waals surface area contributed by atoms with E-state index >= 15 is 0 Å². The average Bonchev–Trinajstić information content (AvgIpc) is 2.91. The highest BCUT2D eigenvalue weighted by Crippen LogP contribution is 2.21. The average molecular weight is 289 g/mol. The molecule has 1 N–H and O–H groups in total. The van der Waals surface area contributed by atoms with Crippen molar-refractivity contribution in [1.82, 2.24) is 10.1 Å². The highest BCUT2D eigenvalue weighted by atomic mass is 16.5. The van der Waals surface area contributed by atoms with Crippen LogP contribution in [0.1, 0.15) is 38.0 Å². The van der Waals surface area contributed by atoms with Crippen LogP contribution in [0.3, 0.4) is 0 Å². The summed E-state index contributed by atoms with van der Waals surface area (Å²) in [4.78, 5) is 4.40. The van der Waals surface area contributed by atoms with Crippen LogP contribution in [0.25, 0.3) is 0 Å². The van der Waals surface area contributed by atoms with Crippen molar-refractivity contribution in [3.05, 3.63) is 41.5 Å². The Kier molecular flexibility index (Phi) is 4.96. The highest BCUT2D eigenvalue weighted by Gasteiger charge is 2.26. The minimum absolute atomic E-state index is 0.513. The fourth-order valence-electron chi connectivity index (χ4n) is 2.01. The summed E-state index contributed by atoms with van der Waals surface area (Å²) in [6, 6.07) is 8.29. The molecule has 0 aliphatic carbocycles. The standard InChI is InChI=1S/C16H23N3O2/c1-5-20-16(3,4)15-18-14(21-19-15)10-11-17-13-8-6-12(2)7-9-13/h6-9,17H,5,10-11H2,1-4H3. The number of benzene rings is 1. The molecule has 0 amide bonds. The lowest BCUT2D eigenvalue weighted by atomic mass is 10.1. The molecule has 0 unspecified atom stereocenters. The summed E-state index contributed by atoms with van der Waals surface area (Å²) in [6.07, 6.45) is 0.684. The predicted octanol–water partition coefficient (Wildman–Crippen LogP) is 3.30. The third-order valence-corrected chi connectivity index (χ3v) is 3.23. The van der Waals surface area contributed by atoms with Crippen molar-refractivity contribution in [1.29, 1.82) is 0 Å². The third kappa shape index (κ3) is 4.29. The number of ether oxygens (including phenoxy) is 1. The fourth-order valence-corrected chi connectivity index (χ4v) is 2.01. The van der Waals surface area contributed by atoms with Gasteiger partial charge in [0.15, 0.2) is 0 Å². The van der Waals surface area contributed by atoms with Gasteiger partial charge in [-0.2, -0.15) is 4.98 Å². The Labute approximate surface area is 125 Å². The van der Waals surface area contributed by atoms with Crippen LogP contribution in [0.2, 0.25) is 0 Å². The lowest BCUT2D eigenvalue weighted by molar-refractivity contribution is -0.0221. The summed E-state index contributed by atoms with van der Waals surface area (Å²) in [5.41, 5.74) is 1.83. The molecule has 2 rings (SSSR count). The smallest absolute Gasteiger partial charge is 0.228 e. The Hall–Kier alpha value is -1.88. The Bertz CT molecular complexity index is 561. The monoisotopic (exact) mass is 289 g/mol. The van der Waals surface area contributed by atoms with Crippen LogP contribution >= 0.6 is 0 Å². The maximum Gasteiger partial charge on any atom is 0.228 e. The second kappa shape index (κ2) is 6.72. The lowest BCUT2D eigenvalue weighted by Crippen LogP contribution is -2.23. The van der Waals surface area contributed by atoms with Gasteiger partial charge in [0, 0.05) is 25.3 Å². The normalized spacial score (nSPS) is 11.6. The van der Waals surface area contributed by atoms with Crippen molar-refractivity contribution < 1.29 is 9.26 Å². The van der Waals surface area contributed by atoms with Crippen LogP contribution < -0.4 is 5.32 Å². The van der Waals surface area contributed by atoms with Crippen LogP contribution in [0.4, 0.5) is 5.69 Å². The first-order valence-corrected chi connectivity index (χ1v) is 7.29. The summed E-state index contributed by atoms with van der Waals surface area (Å²) < 4.78 is 10.9. The predicted molar refractivity (Wildman–Crippen MR) is 82.3 cm³/mol. The van der Waals surface area contributed by atoms with Crippen molar-refractivity contribution in [2.45, 2.75) is 39.7 Å². The first kappa shape index (κ1) is 15.5. The Morgan fingerprint density at radius 2 is 1.95 bits per heavy atom. The second-order valence-corrected chi connectivity index (χ2v) is 5.50. The van der Waals surface area contributed by atoms with Crippen LogP contribution in [-0.2, 0) is 16.8 Å². The Balaban J connectivity index is 1.87. The van der Waals surface area contributed by atoms with Crippen LogP contribution in [0, 0.1) is 6.92 Å². The summed E-state index contributed by atoms with van der Waals surface area (Å²) >= 11 is 0. The van der Waals surface area contributed by atoms with Gasteiger partial charge in [-0.15, -0.1) is 0 Å². The molecule has 0 spiro atoms. The van der Waals surface area contributed by atoms with E-state index in [2.05, 4.69) is 46.6 Å². The van der Waals surface area contributed by atoms with Crippen molar-refractivity contribution in [3.63, 3.8) is 0 Å². The topological polar surface area (TPSA) is 60.2 Å². The highest BCUT2D eigenvalue weighted by molar-refractivity contribution is 5.44. The zero-order chi connectivity index (χ0) is 15.3. The maximum atomic E-state index is 5.61. The SMILES string of the molecule is CCOC(C)(C)c1noc(CCNc2ccc(C)cc2)n1. The molecule has 114 valence electrons. The summed E-state index contributed by atoms with van der Waals surface area (Å²) in [7, 11) is 0. The molecule has 0 aliphatic heterocycles. The maximum absolute atomic E-state index is 5.61. The Morgan fingerprint density at radius 1 is 1.24 bits per heavy atom. The van der Waals surface area contributed by atoms with E-state index < -0.39 is 5.60 Å². The molecule has 0 atom stereocenters. The molecule has 0 radical (unpaired) electrons. The number of rotatable bonds is 7. The van der Waals surface area contributed by atoms with E-state index in [1.807, 2.05) is 20.8 Å². The largest absolute Gasteiger partial charge is 0.385 e. The molecule has 5 nitrogen and oxygen atoms in total. The number of anilines is 1. The van der Waals surface area contributed by atoms with Gasteiger partial charge in [-0.1, -0.05) is 22.9 Å². The van der Waals surface area contributed by atoms with E-state index in [1.165, 1.54) is 5.56 Å². The van der Waals surface area contributed by atoms with Gasteiger partial charge < -0.3 is 14.6 Å². The van der Waals surface area contributed by atoms with E-state index in [1.54, 1.807) is 0 Å². The molecule has 0 saturated heterocycles. The number of aryl methyl sites for hydroxylation is 1. The van der Waals surface area contributed by atoms with E-state index in [9.17, 15) is 0 Å². The zero-order valence-electron chi connectivity index (χ0n) is 13.1. The molecule has 1 aromatic heterocycles. The molecular formula is C16H23N3O2. The first-order chi connectivity index (χ1) is 10.0. The van der Waals surface area contributed by atoms with Crippen LogP contribution in [0.5, 0.6) is 0 Å². The molecule has 5 heteroatoms.